The van der Waals surface area contributed by atoms with Gasteiger partial charge in [-0.2, -0.15) is 0 Å². The fraction of sp³-hybridized carbons (Fsp3) is 0.364. The molecule has 0 saturated heterocycles. The van der Waals surface area contributed by atoms with Gasteiger partial charge in [0.2, 0.25) is 0 Å². The smallest absolute Gasteiger partial charge is 0.144 e. The van der Waals surface area contributed by atoms with Gasteiger partial charge in [0, 0.05) is 12.0 Å². The van der Waals surface area contributed by atoms with Gasteiger partial charge in [0.1, 0.15) is 17.4 Å². The van der Waals surface area contributed by atoms with Crippen molar-refractivity contribution in [3.8, 4) is 0 Å². The van der Waals surface area contributed by atoms with Crippen molar-refractivity contribution < 1.29 is 13.6 Å². The molecule has 1 aromatic carbocycles. The summed E-state index contributed by atoms with van der Waals surface area (Å²) in [5.74, 6) is -1.63. The summed E-state index contributed by atoms with van der Waals surface area (Å²) in [5.41, 5.74) is 0.341. The standard InChI is InChI=1S/C11H11BrF2O/c1-6(11(12)7(2)15)9-4-3-8(13)5-10(9)14/h3-6,11H,1-2H3. The van der Waals surface area contributed by atoms with Gasteiger partial charge in [0.05, 0.1) is 4.83 Å². The Morgan fingerprint density at radius 3 is 2.47 bits per heavy atom. The third-order valence-electron chi connectivity index (χ3n) is 2.28. The summed E-state index contributed by atoms with van der Waals surface area (Å²) in [6.07, 6.45) is 0. The molecule has 0 fully saturated rings. The molecule has 82 valence electrons. The molecule has 0 heterocycles. The summed E-state index contributed by atoms with van der Waals surface area (Å²) in [5, 5.41) is 0. The van der Waals surface area contributed by atoms with Crippen LogP contribution in [0.25, 0.3) is 0 Å². The first-order valence-electron chi connectivity index (χ1n) is 4.53. The van der Waals surface area contributed by atoms with E-state index in [2.05, 4.69) is 15.9 Å². The molecule has 0 bridgehead atoms. The Morgan fingerprint density at radius 1 is 1.40 bits per heavy atom. The van der Waals surface area contributed by atoms with Gasteiger partial charge in [-0.3, -0.25) is 4.79 Å². The minimum Gasteiger partial charge on any atom is -0.299 e. The van der Waals surface area contributed by atoms with Gasteiger partial charge >= 0.3 is 0 Å². The van der Waals surface area contributed by atoms with Crippen molar-refractivity contribution in [1.82, 2.24) is 0 Å². The zero-order valence-electron chi connectivity index (χ0n) is 8.43. The first kappa shape index (κ1) is 12.3. The Balaban J connectivity index is 3.01. The Bertz CT molecular complexity index is 379. The van der Waals surface area contributed by atoms with Gasteiger partial charge in [0.25, 0.3) is 0 Å². The minimum absolute atomic E-state index is 0.0776. The Hall–Kier alpha value is -0.770. The Labute approximate surface area is 95.6 Å². The van der Waals surface area contributed by atoms with Gasteiger partial charge in [-0.25, -0.2) is 8.78 Å². The monoisotopic (exact) mass is 276 g/mol. The van der Waals surface area contributed by atoms with Gasteiger partial charge < -0.3 is 0 Å². The Morgan fingerprint density at radius 2 is 2.00 bits per heavy atom. The predicted octanol–water partition coefficient (Wildman–Crippen LogP) is 3.42. The second kappa shape index (κ2) is 4.84. The SMILES string of the molecule is CC(=O)C(Br)C(C)c1ccc(F)cc1F. The van der Waals surface area contributed by atoms with Crippen LogP contribution in [-0.4, -0.2) is 10.6 Å². The molecular weight excluding hydrogens is 266 g/mol. The highest BCUT2D eigenvalue weighted by Gasteiger charge is 2.22. The van der Waals surface area contributed by atoms with Gasteiger partial charge in [0.15, 0.2) is 0 Å². The van der Waals surface area contributed by atoms with Crippen LogP contribution in [0.3, 0.4) is 0 Å². The number of rotatable bonds is 3. The van der Waals surface area contributed by atoms with Crippen LogP contribution in [0.1, 0.15) is 25.3 Å². The number of hydrogen-bond donors (Lipinski definition) is 0. The molecule has 0 aliphatic rings. The van der Waals surface area contributed by atoms with Crippen molar-refractivity contribution in [3.63, 3.8) is 0 Å². The second-order valence-electron chi connectivity index (χ2n) is 3.47. The van der Waals surface area contributed by atoms with Crippen molar-refractivity contribution >= 4 is 21.7 Å². The molecule has 0 spiro atoms. The van der Waals surface area contributed by atoms with Crippen LogP contribution < -0.4 is 0 Å². The van der Waals surface area contributed by atoms with Crippen LogP contribution in [-0.2, 0) is 4.79 Å². The third-order valence-corrected chi connectivity index (χ3v) is 3.72. The summed E-state index contributed by atoms with van der Waals surface area (Å²) in [6.45, 7) is 3.15. The molecule has 15 heavy (non-hydrogen) atoms. The fourth-order valence-electron chi connectivity index (χ4n) is 1.38. The number of benzene rings is 1. The fourth-order valence-corrected chi connectivity index (χ4v) is 1.67. The van der Waals surface area contributed by atoms with Crippen molar-refractivity contribution in [2.75, 3.05) is 0 Å². The van der Waals surface area contributed by atoms with Crippen LogP contribution in [0, 0.1) is 11.6 Å². The topological polar surface area (TPSA) is 17.1 Å². The van der Waals surface area contributed by atoms with Crippen LogP contribution in [0.5, 0.6) is 0 Å². The average molecular weight is 277 g/mol. The molecule has 1 nitrogen and oxygen atoms in total. The molecule has 0 amide bonds. The predicted molar refractivity (Wildman–Crippen MR) is 58.2 cm³/mol. The van der Waals surface area contributed by atoms with Crippen molar-refractivity contribution in [2.24, 2.45) is 0 Å². The van der Waals surface area contributed by atoms with Crippen LogP contribution in [0.2, 0.25) is 0 Å². The number of hydrogen-bond acceptors (Lipinski definition) is 1. The molecule has 0 aliphatic heterocycles. The molecule has 0 aromatic heterocycles. The van der Waals surface area contributed by atoms with E-state index in [4.69, 9.17) is 0 Å². The van der Waals surface area contributed by atoms with Crippen molar-refractivity contribution in [2.45, 2.75) is 24.6 Å². The van der Waals surface area contributed by atoms with E-state index in [0.717, 1.165) is 6.07 Å². The first-order valence-corrected chi connectivity index (χ1v) is 5.44. The molecule has 0 radical (unpaired) electrons. The number of alkyl halides is 1. The average Bonchev–Trinajstić information content (AvgIpc) is 2.15. The molecule has 2 unspecified atom stereocenters. The van der Waals surface area contributed by atoms with E-state index < -0.39 is 16.5 Å². The van der Waals surface area contributed by atoms with Crippen LogP contribution in [0.4, 0.5) is 8.78 Å². The van der Waals surface area contributed by atoms with E-state index in [0.29, 0.717) is 5.56 Å². The number of Topliss-reactive ketones (excluding diaryl/α,β-unsaturated/α-hetero) is 1. The zero-order chi connectivity index (χ0) is 11.6. The van der Waals surface area contributed by atoms with E-state index in [1.165, 1.54) is 19.1 Å². The van der Waals surface area contributed by atoms with Gasteiger partial charge in [-0.1, -0.05) is 28.9 Å². The molecule has 4 heteroatoms. The maximum absolute atomic E-state index is 13.4. The molecule has 2 atom stereocenters. The summed E-state index contributed by atoms with van der Waals surface area (Å²) >= 11 is 3.19. The number of carbonyl (C=O) groups excluding carboxylic acids is 1. The summed E-state index contributed by atoms with van der Waals surface area (Å²) in [4.78, 5) is 10.6. The maximum atomic E-state index is 13.4. The quantitative estimate of drug-likeness (QED) is 0.774. The van der Waals surface area contributed by atoms with E-state index in [9.17, 15) is 13.6 Å². The highest BCUT2D eigenvalue weighted by molar-refractivity contribution is 9.10. The lowest BCUT2D eigenvalue weighted by molar-refractivity contribution is -0.116. The third kappa shape index (κ3) is 2.84. The minimum atomic E-state index is -0.617. The lowest BCUT2D eigenvalue weighted by atomic mass is 9.95. The molecule has 0 N–H and O–H groups in total. The van der Waals surface area contributed by atoms with Crippen LogP contribution >= 0.6 is 15.9 Å². The summed E-state index contributed by atoms with van der Waals surface area (Å²) < 4.78 is 26.0. The van der Waals surface area contributed by atoms with Gasteiger partial charge in [-0.15, -0.1) is 0 Å². The normalized spacial score (nSPS) is 14.7. The van der Waals surface area contributed by atoms with E-state index in [1.54, 1.807) is 6.92 Å². The number of halogens is 3. The van der Waals surface area contributed by atoms with Crippen molar-refractivity contribution in [3.05, 3.63) is 35.4 Å². The molecule has 0 aliphatic carbocycles. The van der Waals surface area contributed by atoms with Crippen LogP contribution in [0.15, 0.2) is 18.2 Å². The number of carbonyl (C=O) groups is 1. The summed E-state index contributed by atoms with van der Waals surface area (Å²) in [7, 11) is 0. The van der Waals surface area contributed by atoms with E-state index >= 15 is 0 Å². The Kier molecular flexibility index (Phi) is 3.97. The molecular formula is C11H11BrF2O. The molecule has 0 saturated carbocycles. The second-order valence-corrected chi connectivity index (χ2v) is 4.45. The highest BCUT2D eigenvalue weighted by atomic mass is 79.9. The maximum Gasteiger partial charge on any atom is 0.144 e. The zero-order valence-corrected chi connectivity index (χ0v) is 10.0. The van der Waals surface area contributed by atoms with Gasteiger partial charge in [-0.05, 0) is 18.6 Å². The largest absolute Gasteiger partial charge is 0.299 e. The molecule has 1 rings (SSSR count). The van der Waals surface area contributed by atoms with Crippen molar-refractivity contribution in [1.29, 1.82) is 0 Å². The lowest BCUT2D eigenvalue weighted by Gasteiger charge is -2.16. The first-order chi connectivity index (χ1) is 6.93. The molecule has 1 aromatic rings. The lowest BCUT2D eigenvalue weighted by Crippen LogP contribution is -2.18. The summed E-state index contributed by atoms with van der Waals surface area (Å²) in [6, 6.07) is 3.38. The van der Waals surface area contributed by atoms with E-state index in [1.807, 2.05) is 0 Å². The highest BCUT2D eigenvalue weighted by Crippen LogP contribution is 2.27. The van der Waals surface area contributed by atoms with E-state index in [-0.39, 0.29) is 11.7 Å². The number of ketones is 1.